The number of aliphatic carboxylic acids is 2. The van der Waals surface area contributed by atoms with Crippen molar-refractivity contribution < 1.29 is 19.8 Å². The fraction of sp³-hybridized carbons (Fsp3) is 0.636. The van der Waals surface area contributed by atoms with Crippen LogP contribution < -0.4 is 0 Å². The minimum atomic E-state index is -0.862. The number of hydrogen-bond acceptors (Lipinski definition) is 2. The van der Waals surface area contributed by atoms with E-state index in [0.717, 1.165) is 24.8 Å². The van der Waals surface area contributed by atoms with Gasteiger partial charge in [-0.25, -0.2) is 0 Å². The van der Waals surface area contributed by atoms with Crippen molar-refractivity contribution in [1.29, 1.82) is 0 Å². The first-order valence-corrected chi connectivity index (χ1v) is 5.17. The summed E-state index contributed by atoms with van der Waals surface area (Å²) < 4.78 is 0. The van der Waals surface area contributed by atoms with E-state index in [0.29, 0.717) is 5.92 Å². The average molecular weight is 210 g/mol. The zero-order chi connectivity index (χ0) is 11.1. The SMILES string of the molecule is O=C(O)CC1=CC2CCC1(CC(=O)O)C2. The Morgan fingerprint density at radius 1 is 1.40 bits per heavy atom. The van der Waals surface area contributed by atoms with E-state index in [1.165, 1.54) is 0 Å². The average Bonchev–Trinajstić information content (AvgIpc) is 2.58. The Hall–Kier alpha value is -1.32. The van der Waals surface area contributed by atoms with Crippen LogP contribution in [0.3, 0.4) is 0 Å². The van der Waals surface area contributed by atoms with Crippen molar-refractivity contribution in [3.05, 3.63) is 11.6 Å². The lowest BCUT2D eigenvalue weighted by Crippen LogP contribution is -2.23. The van der Waals surface area contributed by atoms with E-state index in [4.69, 9.17) is 10.2 Å². The van der Waals surface area contributed by atoms with Crippen LogP contribution in [0.2, 0.25) is 0 Å². The van der Waals surface area contributed by atoms with Crippen LogP contribution in [0.25, 0.3) is 0 Å². The number of carboxylic acids is 2. The Labute approximate surface area is 87.6 Å². The lowest BCUT2D eigenvalue weighted by molar-refractivity contribution is -0.140. The summed E-state index contributed by atoms with van der Waals surface area (Å²) in [7, 11) is 0. The van der Waals surface area contributed by atoms with Crippen LogP contribution in [0.1, 0.15) is 32.1 Å². The van der Waals surface area contributed by atoms with E-state index in [1.807, 2.05) is 6.08 Å². The third-order valence-corrected chi connectivity index (χ3v) is 3.60. The molecule has 2 bridgehead atoms. The number of rotatable bonds is 4. The number of fused-ring (bicyclic) bond motifs is 2. The van der Waals surface area contributed by atoms with Crippen molar-refractivity contribution >= 4 is 11.9 Å². The van der Waals surface area contributed by atoms with Crippen molar-refractivity contribution in [3.8, 4) is 0 Å². The van der Waals surface area contributed by atoms with Crippen LogP contribution in [0.4, 0.5) is 0 Å². The Morgan fingerprint density at radius 2 is 2.13 bits per heavy atom. The number of carboxylic acid groups (broad SMARTS) is 2. The van der Waals surface area contributed by atoms with Gasteiger partial charge in [-0.15, -0.1) is 0 Å². The minimum absolute atomic E-state index is 0.00375. The predicted octanol–water partition coefficient (Wildman–Crippen LogP) is 1.66. The van der Waals surface area contributed by atoms with Crippen molar-refractivity contribution in [1.82, 2.24) is 0 Å². The van der Waals surface area contributed by atoms with Crippen LogP contribution in [-0.2, 0) is 9.59 Å². The van der Waals surface area contributed by atoms with Crippen LogP contribution in [0, 0.1) is 11.3 Å². The molecule has 4 nitrogen and oxygen atoms in total. The Kier molecular flexibility index (Phi) is 2.29. The van der Waals surface area contributed by atoms with E-state index in [-0.39, 0.29) is 18.3 Å². The molecule has 15 heavy (non-hydrogen) atoms. The second-order valence-corrected chi connectivity index (χ2v) is 4.62. The second-order valence-electron chi connectivity index (χ2n) is 4.62. The first-order valence-electron chi connectivity index (χ1n) is 5.17. The fourth-order valence-electron chi connectivity index (χ4n) is 3.04. The van der Waals surface area contributed by atoms with Crippen molar-refractivity contribution in [2.75, 3.05) is 0 Å². The monoisotopic (exact) mass is 210 g/mol. The molecule has 2 unspecified atom stereocenters. The van der Waals surface area contributed by atoms with E-state index < -0.39 is 11.9 Å². The summed E-state index contributed by atoms with van der Waals surface area (Å²) >= 11 is 0. The van der Waals surface area contributed by atoms with Crippen molar-refractivity contribution in [2.24, 2.45) is 11.3 Å². The first-order chi connectivity index (χ1) is 7.02. The maximum Gasteiger partial charge on any atom is 0.307 e. The zero-order valence-corrected chi connectivity index (χ0v) is 8.40. The van der Waals surface area contributed by atoms with Gasteiger partial charge in [-0.3, -0.25) is 9.59 Å². The second kappa shape index (κ2) is 3.36. The fourth-order valence-corrected chi connectivity index (χ4v) is 3.04. The molecule has 1 saturated carbocycles. The number of allylic oxidation sites excluding steroid dienone is 1. The molecule has 0 heterocycles. The smallest absolute Gasteiger partial charge is 0.307 e. The molecule has 0 amide bonds. The molecule has 2 aliphatic rings. The summed E-state index contributed by atoms with van der Waals surface area (Å²) in [6.45, 7) is 0. The third-order valence-electron chi connectivity index (χ3n) is 3.60. The molecular formula is C11H14O4. The molecule has 0 aromatic rings. The summed E-state index contributed by atoms with van der Waals surface area (Å²) in [6, 6.07) is 0. The minimum Gasteiger partial charge on any atom is -0.481 e. The van der Waals surface area contributed by atoms with Gasteiger partial charge >= 0.3 is 11.9 Å². The van der Waals surface area contributed by atoms with Gasteiger partial charge in [0.05, 0.1) is 12.8 Å². The van der Waals surface area contributed by atoms with Gasteiger partial charge in [-0.1, -0.05) is 11.6 Å². The van der Waals surface area contributed by atoms with E-state index >= 15 is 0 Å². The molecule has 2 aliphatic carbocycles. The van der Waals surface area contributed by atoms with Gasteiger partial charge in [-0.05, 0) is 25.2 Å². The maximum atomic E-state index is 10.8. The molecule has 1 fully saturated rings. The van der Waals surface area contributed by atoms with Gasteiger partial charge in [0.1, 0.15) is 0 Å². The summed E-state index contributed by atoms with van der Waals surface area (Å²) in [4.78, 5) is 21.5. The largest absolute Gasteiger partial charge is 0.481 e. The lowest BCUT2D eigenvalue weighted by atomic mass is 9.76. The summed E-state index contributed by atoms with van der Waals surface area (Å²) in [5.41, 5.74) is 0.503. The quantitative estimate of drug-likeness (QED) is 0.692. The molecule has 2 N–H and O–H groups in total. The van der Waals surface area contributed by atoms with Crippen LogP contribution in [-0.4, -0.2) is 22.2 Å². The molecule has 0 aromatic carbocycles. The van der Waals surface area contributed by atoms with Gasteiger partial charge in [-0.2, -0.15) is 0 Å². The standard InChI is InChI=1S/C11H14O4/c12-9(13)4-8-3-7-1-2-11(8,5-7)6-10(14)15/h3,7H,1-2,4-6H2,(H,12,13)(H,14,15). The third kappa shape index (κ3) is 1.76. The Balaban J connectivity index is 2.19. The van der Waals surface area contributed by atoms with Crippen molar-refractivity contribution in [3.63, 3.8) is 0 Å². The molecule has 4 heteroatoms. The molecule has 0 aromatic heterocycles. The number of hydrogen-bond donors (Lipinski definition) is 2. The molecule has 82 valence electrons. The maximum absolute atomic E-state index is 10.8. The van der Waals surface area contributed by atoms with Gasteiger partial charge in [0.25, 0.3) is 0 Å². The highest BCUT2D eigenvalue weighted by atomic mass is 16.4. The predicted molar refractivity (Wildman–Crippen MR) is 52.4 cm³/mol. The van der Waals surface area contributed by atoms with Gasteiger partial charge in [0, 0.05) is 5.41 Å². The van der Waals surface area contributed by atoms with Crippen LogP contribution in [0.5, 0.6) is 0 Å². The van der Waals surface area contributed by atoms with Gasteiger partial charge in [0.2, 0.25) is 0 Å². The van der Waals surface area contributed by atoms with E-state index in [9.17, 15) is 9.59 Å². The summed E-state index contributed by atoms with van der Waals surface area (Å²) in [5, 5.41) is 17.6. The molecule has 0 aliphatic heterocycles. The molecule has 0 radical (unpaired) electrons. The van der Waals surface area contributed by atoms with Gasteiger partial charge in [0.15, 0.2) is 0 Å². The summed E-state index contributed by atoms with van der Waals surface area (Å²) in [5.74, 6) is -1.27. The molecular weight excluding hydrogens is 196 g/mol. The highest BCUT2D eigenvalue weighted by Gasteiger charge is 2.47. The molecule has 0 saturated heterocycles. The molecule has 0 spiro atoms. The topological polar surface area (TPSA) is 74.6 Å². The Morgan fingerprint density at radius 3 is 2.67 bits per heavy atom. The van der Waals surface area contributed by atoms with E-state index in [2.05, 4.69) is 0 Å². The molecule has 2 atom stereocenters. The zero-order valence-electron chi connectivity index (χ0n) is 8.40. The van der Waals surface area contributed by atoms with Crippen LogP contribution in [0.15, 0.2) is 11.6 Å². The highest BCUT2D eigenvalue weighted by Crippen LogP contribution is 2.56. The molecule has 2 rings (SSSR count). The van der Waals surface area contributed by atoms with E-state index in [1.54, 1.807) is 0 Å². The van der Waals surface area contributed by atoms with Crippen LogP contribution >= 0.6 is 0 Å². The first kappa shape index (κ1) is 10.2. The van der Waals surface area contributed by atoms with Gasteiger partial charge < -0.3 is 10.2 Å². The highest BCUT2D eigenvalue weighted by molar-refractivity contribution is 5.73. The number of carbonyl (C=O) groups is 2. The summed E-state index contributed by atoms with van der Waals surface area (Å²) in [6.07, 6.45) is 4.76. The Bertz CT molecular complexity index is 344. The van der Waals surface area contributed by atoms with Crippen molar-refractivity contribution in [2.45, 2.75) is 32.1 Å². The lowest BCUT2D eigenvalue weighted by Gasteiger charge is -2.27. The normalized spacial score (nSPS) is 32.8.